The number of amides is 2. The lowest BCUT2D eigenvalue weighted by molar-refractivity contribution is -0.154. The van der Waals surface area contributed by atoms with Gasteiger partial charge in [-0.3, -0.25) is 18.8 Å². The molecule has 0 radical (unpaired) electrons. The molecule has 2 aliphatic heterocycles. The molecule has 0 unspecified atom stereocenters. The largest absolute Gasteiger partial charge is 0.485 e. The molecule has 6 rings (SSSR count). The molecule has 3 aromatic rings. The quantitative estimate of drug-likeness (QED) is 0.461. The molecular formula is C29H32ClN5O5. The predicted octanol–water partition coefficient (Wildman–Crippen LogP) is 3.90. The second-order valence-corrected chi connectivity index (χ2v) is 11.3. The maximum absolute atomic E-state index is 14.1. The first kappa shape index (κ1) is 26.6. The number of carbonyl (C=O) groups excluding carboxylic acids is 2. The first-order valence-electron chi connectivity index (χ1n) is 14.0. The molecule has 1 aromatic carbocycles. The van der Waals surface area contributed by atoms with Crippen molar-refractivity contribution in [2.75, 3.05) is 19.6 Å². The van der Waals surface area contributed by atoms with Gasteiger partial charge in [0.1, 0.15) is 12.4 Å². The van der Waals surface area contributed by atoms with Crippen LogP contribution in [0.3, 0.4) is 0 Å². The van der Waals surface area contributed by atoms with E-state index in [4.69, 9.17) is 16.3 Å². The summed E-state index contributed by atoms with van der Waals surface area (Å²) < 4.78 is 8.20. The lowest BCUT2D eigenvalue weighted by Crippen LogP contribution is -2.50. The molecule has 3 atom stereocenters. The van der Waals surface area contributed by atoms with Crippen LogP contribution in [0.2, 0.25) is 5.02 Å². The number of ether oxygens (including phenoxy) is 1. The van der Waals surface area contributed by atoms with Crippen molar-refractivity contribution in [3.05, 3.63) is 58.5 Å². The van der Waals surface area contributed by atoms with Gasteiger partial charge in [-0.2, -0.15) is 0 Å². The third-order valence-electron chi connectivity index (χ3n) is 8.56. The van der Waals surface area contributed by atoms with Crippen molar-refractivity contribution >= 4 is 35.0 Å². The molecule has 2 aromatic heterocycles. The summed E-state index contributed by atoms with van der Waals surface area (Å²) in [5, 5.41) is 18.9. The third kappa shape index (κ3) is 4.89. The number of fused-ring (bicyclic) bond motifs is 2. The van der Waals surface area contributed by atoms with E-state index in [1.807, 2.05) is 28.8 Å². The number of hydrogen-bond donors (Lipinski definition) is 1. The number of halogens is 1. The Hall–Kier alpha value is -3.66. The Morgan fingerprint density at radius 3 is 2.62 bits per heavy atom. The van der Waals surface area contributed by atoms with Gasteiger partial charge in [-0.25, -0.2) is 0 Å². The Morgan fingerprint density at radius 2 is 1.85 bits per heavy atom. The summed E-state index contributed by atoms with van der Waals surface area (Å²) in [6.07, 6.45) is 6.32. The fourth-order valence-electron chi connectivity index (χ4n) is 6.53. The van der Waals surface area contributed by atoms with Gasteiger partial charge in [-0.15, -0.1) is 10.2 Å². The standard InChI is InChI=1S/C29H32ClN5O5/c30-21-10-11-23(40-17-25-32-31-24-8-3-4-14-35(24)25)27-20(21)12-15-34(22(27)16-33-13-5-9-26(33)36)28(37)18-6-1-2-7-19(18)29(38)39/h3-4,8,10-11,14,18-19,22H,1-2,5-7,9,12-13,15-17H2,(H,38,39)/t18-,19+,22-/m1/s1. The first-order chi connectivity index (χ1) is 19.4. The maximum atomic E-state index is 14.1. The summed E-state index contributed by atoms with van der Waals surface area (Å²) in [4.78, 5) is 42.5. The average Bonchev–Trinajstić information content (AvgIpc) is 3.58. The Balaban J connectivity index is 1.36. The zero-order chi connectivity index (χ0) is 27.8. The van der Waals surface area contributed by atoms with Gasteiger partial charge in [0.15, 0.2) is 11.5 Å². The monoisotopic (exact) mass is 565 g/mol. The lowest BCUT2D eigenvalue weighted by Gasteiger charge is -2.43. The summed E-state index contributed by atoms with van der Waals surface area (Å²) in [6, 6.07) is 8.75. The van der Waals surface area contributed by atoms with E-state index in [9.17, 15) is 19.5 Å². The van der Waals surface area contributed by atoms with Gasteiger partial charge in [-0.1, -0.05) is 30.5 Å². The minimum absolute atomic E-state index is 0.0556. The van der Waals surface area contributed by atoms with E-state index in [0.29, 0.717) is 67.6 Å². The van der Waals surface area contributed by atoms with Crippen molar-refractivity contribution in [3.8, 4) is 5.75 Å². The number of carboxylic acid groups (broad SMARTS) is 1. The summed E-state index contributed by atoms with van der Waals surface area (Å²) in [5.74, 6) is -1.12. The molecule has 3 aliphatic rings. The van der Waals surface area contributed by atoms with Crippen LogP contribution in [0.15, 0.2) is 36.5 Å². The van der Waals surface area contributed by atoms with Crippen molar-refractivity contribution in [2.24, 2.45) is 11.8 Å². The molecule has 1 saturated heterocycles. The number of aromatic nitrogens is 3. The van der Waals surface area contributed by atoms with E-state index in [-0.39, 0.29) is 18.4 Å². The highest BCUT2D eigenvalue weighted by atomic mass is 35.5. The molecule has 1 aliphatic carbocycles. The van der Waals surface area contributed by atoms with Crippen molar-refractivity contribution in [2.45, 2.75) is 57.6 Å². The number of likely N-dealkylation sites (tertiary alicyclic amines) is 1. The van der Waals surface area contributed by atoms with Crippen LogP contribution >= 0.6 is 11.6 Å². The summed E-state index contributed by atoms with van der Waals surface area (Å²) >= 11 is 6.70. The molecule has 2 amide bonds. The molecule has 1 N–H and O–H groups in total. The topological polar surface area (TPSA) is 117 Å². The van der Waals surface area contributed by atoms with E-state index in [1.165, 1.54) is 0 Å². The summed E-state index contributed by atoms with van der Waals surface area (Å²) in [7, 11) is 0. The average molecular weight is 566 g/mol. The summed E-state index contributed by atoms with van der Waals surface area (Å²) in [6.45, 7) is 1.48. The van der Waals surface area contributed by atoms with Crippen molar-refractivity contribution in [3.63, 3.8) is 0 Å². The fourth-order valence-corrected chi connectivity index (χ4v) is 6.79. The number of carboxylic acids is 1. The molecule has 0 bridgehead atoms. The SMILES string of the molecule is O=C(O)[C@H]1CCCC[C@H]1C(=O)N1CCc2c(Cl)ccc(OCc3nnc4ccccn34)c2[C@H]1CN1CCCC1=O. The van der Waals surface area contributed by atoms with Gasteiger partial charge in [0.2, 0.25) is 11.8 Å². The van der Waals surface area contributed by atoms with Gasteiger partial charge in [-0.05, 0) is 55.5 Å². The van der Waals surface area contributed by atoms with Gasteiger partial charge >= 0.3 is 5.97 Å². The number of carbonyl (C=O) groups is 3. The molecule has 210 valence electrons. The van der Waals surface area contributed by atoms with Gasteiger partial charge in [0.05, 0.1) is 17.9 Å². The number of benzene rings is 1. The Kier molecular flexibility index (Phi) is 7.35. The van der Waals surface area contributed by atoms with Crippen LogP contribution in [0.1, 0.15) is 61.5 Å². The minimum atomic E-state index is -0.922. The normalized spacial score (nSPS) is 22.9. The van der Waals surface area contributed by atoms with Gasteiger partial charge in [0.25, 0.3) is 0 Å². The fraction of sp³-hybridized carbons (Fsp3) is 0.483. The van der Waals surface area contributed by atoms with E-state index in [0.717, 1.165) is 30.4 Å². The van der Waals surface area contributed by atoms with Crippen LogP contribution in [0.4, 0.5) is 0 Å². The highest BCUT2D eigenvalue weighted by Crippen LogP contribution is 2.43. The Morgan fingerprint density at radius 1 is 1.02 bits per heavy atom. The van der Waals surface area contributed by atoms with Crippen LogP contribution in [-0.4, -0.2) is 66.9 Å². The molecule has 1 saturated carbocycles. The van der Waals surface area contributed by atoms with E-state index < -0.39 is 23.8 Å². The highest BCUT2D eigenvalue weighted by Gasteiger charge is 2.43. The molecule has 40 heavy (non-hydrogen) atoms. The van der Waals surface area contributed by atoms with Crippen LogP contribution in [-0.2, 0) is 27.4 Å². The number of nitrogens with zero attached hydrogens (tertiary/aromatic N) is 5. The Bertz CT molecular complexity index is 1460. The number of rotatable bonds is 7. The minimum Gasteiger partial charge on any atom is -0.485 e. The Labute approximate surface area is 236 Å². The van der Waals surface area contributed by atoms with Crippen LogP contribution in [0, 0.1) is 11.8 Å². The maximum Gasteiger partial charge on any atom is 0.307 e. The van der Waals surface area contributed by atoms with E-state index in [2.05, 4.69) is 10.2 Å². The van der Waals surface area contributed by atoms with E-state index >= 15 is 0 Å². The second kappa shape index (κ2) is 11.1. The van der Waals surface area contributed by atoms with Crippen molar-refractivity contribution in [1.82, 2.24) is 24.4 Å². The summed E-state index contributed by atoms with van der Waals surface area (Å²) in [5.41, 5.74) is 2.38. The van der Waals surface area contributed by atoms with Crippen molar-refractivity contribution in [1.29, 1.82) is 0 Å². The number of pyridine rings is 1. The molecule has 11 heteroatoms. The lowest BCUT2D eigenvalue weighted by atomic mass is 9.77. The molecule has 10 nitrogen and oxygen atoms in total. The smallest absolute Gasteiger partial charge is 0.307 e. The van der Waals surface area contributed by atoms with E-state index in [1.54, 1.807) is 21.9 Å². The number of hydrogen-bond acceptors (Lipinski definition) is 6. The third-order valence-corrected chi connectivity index (χ3v) is 8.92. The van der Waals surface area contributed by atoms with Crippen LogP contribution in [0.5, 0.6) is 5.75 Å². The zero-order valence-corrected chi connectivity index (χ0v) is 22.9. The van der Waals surface area contributed by atoms with Crippen LogP contribution in [0.25, 0.3) is 5.65 Å². The zero-order valence-electron chi connectivity index (χ0n) is 22.2. The molecule has 0 spiro atoms. The first-order valence-corrected chi connectivity index (χ1v) is 14.3. The van der Waals surface area contributed by atoms with Gasteiger partial charge in [0, 0.05) is 42.8 Å². The second-order valence-electron chi connectivity index (χ2n) is 10.8. The molecule has 2 fully saturated rings. The predicted molar refractivity (Wildman–Crippen MR) is 146 cm³/mol. The molecule has 4 heterocycles. The number of aliphatic carboxylic acids is 1. The highest BCUT2D eigenvalue weighted by molar-refractivity contribution is 6.31. The van der Waals surface area contributed by atoms with Crippen molar-refractivity contribution < 1.29 is 24.2 Å². The van der Waals surface area contributed by atoms with Crippen LogP contribution < -0.4 is 4.74 Å². The van der Waals surface area contributed by atoms with Gasteiger partial charge < -0.3 is 19.6 Å². The molecular weight excluding hydrogens is 534 g/mol.